The SMILES string of the molecule is C=C[C@@](C)(C#CC[NH+]1CCCCC1)OC(C)=O. The molecule has 0 aromatic heterocycles. The first kappa shape index (κ1) is 13.8. The molecule has 1 fully saturated rings. The highest BCUT2D eigenvalue weighted by atomic mass is 16.6. The van der Waals surface area contributed by atoms with Crippen molar-refractivity contribution >= 4 is 5.97 Å². The summed E-state index contributed by atoms with van der Waals surface area (Å²) in [6.07, 6.45) is 5.50. The van der Waals surface area contributed by atoms with Gasteiger partial charge in [-0.1, -0.05) is 6.58 Å². The number of hydrogen-bond acceptors (Lipinski definition) is 2. The number of esters is 1. The summed E-state index contributed by atoms with van der Waals surface area (Å²) in [6, 6.07) is 0. The van der Waals surface area contributed by atoms with Crippen LogP contribution in [0.2, 0.25) is 0 Å². The van der Waals surface area contributed by atoms with Gasteiger partial charge in [0.1, 0.15) is 6.54 Å². The van der Waals surface area contributed by atoms with Gasteiger partial charge < -0.3 is 9.64 Å². The Labute approximate surface area is 104 Å². The molecule has 0 unspecified atom stereocenters. The van der Waals surface area contributed by atoms with Crippen LogP contribution in [0.5, 0.6) is 0 Å². The van der Waals surface area contributed by atoms with Crippen molar-refractivity contribution in [3.8, 4) is 11.8 Å². The summed E-state index contributed by atoms with van der Waals surface area (Å²) >= 11 is 0. The predicted octanol–water partition coefficient (Wildman–Crippen LogP) is 0.566. The maximum Gasteiger partial charge on any atom is 0.304 e. The van der Waals surface area contributed by atoms with E-state index in [4.69, 9.17) is 4.74 Å². The third kappa shape index (κ3) is 5.06. The van der Waals surface area contributed by atoms with E-state index in [1.54, 1.807) is 13.0 Å². The van der Waals surface area contributed by atoms with Gasteiger partial charge in [-0.25, -0.2) is 0 Å². The molecule has 0 saturated carbocycles. The molecule has 17 heavy (non-hydrogen) atoms. The molecule has 1 atom stereocenters. The summed E-state index contributed by atoms with van der Waals surface area (Å²) in [5.41, 5.74) is -0.846. The van der Waals surface area contributed by atoms with Gasteiger partial charge in [0.2, 0.25) is 0 Å². The molecule has 0 aromatic carbocycles. The van der Waals surface area contributed by atoms with Crippen LogP contribution in [0.3, 0.4) is 0 Å². The van der Waals surface area contributed by atoms with Crippen LogP contribution in [-0.4, -0.2) is 31.2 Å². The molecule has 0 aliphatic carbocycles. The number of carbonyl (C=O) groups excluding carboxylic acids is 1. The number of likely N-dealkylation sites (tertiary alicyclic amines) is 1. The lowest BCUT2D eigenvalue weighted by atomic mass is 10.1. The molecule has 1 heterocycles. The van der Waals surface area contributed by atoms with Crippen LogP contribution in [0.15, 0.2) is 12.7 Å². The van der Waals surface area contributed by atoms with Crippen molar-refractivity contribution in [3.05, 3.63) is 12.7 Å². The van der Waals surface area contributed by atoms with Gasteiger partial charge in [0.25, 0.3) is 0 Å². The van der Waals surface area contributed by atoms with Crippen molar-refractivity contribution in [3.63, 3.8) is 0 Å². The first-order valence-electron chi connectivity index (χ1n) is 6.22. The average Bonchev–Trinajstić information content (AvgIpc) is 2.29. The molecule has 1 N–H and O–H groups in total. The van der Waals surface area contributed by atoms with Gasteiger partial charge in [0, 0.05) is 6.92 Å². The van der Waals surface area contributed by atoms with E-state index in [-0.39, 0.29) is 5.97 Å². The largest absolute Gasteiger partial charge is 0.443 e. The second-order valence-corrected chi connectivity index (χ2v) is 4.69. The minimum absolute atomic E-state index is 0.327. The minimum Gasteiger partial charge on any atom is -0.443 e. The number of nitrogens with one attached hydrogen (secondary N) is 1. The monoisotopic (exact) mass is 236 g/mol. The van der Waals surface area contributed by atoms with Gasteiger partial charge in [-0.3, -0.25) is 4.79 Å². The average molecular weight is 236 g/mol. The number of piperidine rings is 1. The van der Waals surface area contributed by atoms with E-state index in [0.29, 0.717) is 0 Å². The Bertz CT molecular complexity index is 334. The third-order valence-electron chi connectivity index (χ3n) is 2.98. The van der Waals surface area contributed by atoms with Gasteiger partial charge in [-0.05, 0) is 44.1 Å². The number of quaternary nitrogens is 1. The van der Waals surface area contributed by atoms with Crippen molar-refractivity contribution in [1.82, 2.24) is 0 Å². The quantitative estimate of drug-likeness (QED) is 0.441. The lowest BCUT2D eigenvalue weighted by molar-refractivity contribution is -0.897. The normalized spacial score (nSPS) is 19.6. The van der Waals surface area contributed by atoms with Crippen molar-refractivity contribution in [1.29, 1.82) is 0 Å². The van der Waals surface area contributed by atoms with Gasteiger partial charge in [0.05, 0.1) is 13.1 Å². The second kappa shape index (κ2) is 6.46. The van der Waals surface area contributed by atoms with Gasteiger partial charge in [0.15, 0.2) is 5.60 Å². The van der Waals surface area contributed by atoms with Crippen molar-refractivity contribution in [2.45, 2.75) is 38.7 Å². The van der Waals surface area contributed by atoms with E-state index < -0.39 is 5.60 Å². The zero-order valence-electron chi connectivity index (χ0n) is 10.8. The summed E-state index contributed by atoms with van der Waals surface area (Å²) < 4.78 is 5.14. The molecule has 1 aliphatic rings. The van der Waals surface area contributed by atoms with Crippen LogP contribution < -0.4 is 4.90 Å². The Hall–Kier alpha value is -1.27. The molecule has 3 nitrogen and oxygen atoms in total. The molecular formula is C14H22NO2+. The smallest absolute Gasteiger partial charge is 0.304 e. The number of ether oxygens (including phenoxy) is 1. The lowest BCUT2D eigenvalue weighted by Gasteiger charge is -2.22. The summed E-state index contributed by atoms with van der Waals surface area (Å²) in [5, 5.41) is 0. The van der Waals surface area contributed by atoms with Crippen LogP contribution in [0.4, 0.5) is 0 Å². The molecule has 1 aliphatic heterocycles. The molecule has 0 amide bonds. The van der Waals surface area contributed by atoms with Crippen LogP contribution in [0.1, 0.15) is 33.1 Å². The fourth-order valence-corrected chi connectivity index (χ4v) is 1.99. The summed E-state index contributed by atoms with van der Waals surface area (Å²) in [7, 11) is 0. The topological polar surface area (TPSA) is 30.7 Å². The Kier molecular flexibility index (Phi) is 5.24. The molecular weight excluding hydrogens is 214 g/mol. The highest BCUT2D eigenvalue weighted by Crippen LogP contribution is 2.09. The highest BCUT2D eigenvalue weighted by Gasteiger charge is 2.20. The van der Waals surface area contributed by atoms with Crippen molar-refractivity contribution in [2.24, 2.45) is 0 Å². The zero-order chi connectivity index (χ0) is 12.7. The first-order valence-corrected chi connectivity index (χ1v) is 6.22. The van der Waals surface area contributed by atoms with Crippen LogP contribution in [-0.2, 0) is 9.53 Å². The fraction of sp³-hybridized carbons (Fsp3) is 0.643. The molecule has 0 bridgehead atoms. The zero-order valence-corrected chi connectivity index (χ0v) is 10.8. The number of carbonyl (C=O) groups is 1. The van der Waals surface area contributed by atoms with E-state index in [9.17, 15) is 4.79 Å². The fourth-order valence-electron chi connectivity index (χ4n) is 1.99. The predicted molar refractivity (Wildman–Crippen MR) is 67.6 cm³/mol. The molecule has 0 aromatic rings. The lowest BCUT2D eigenvalue weighted by Crippen LogP contribution is -3.12. The summed E-state index contributed by atoms with van der Waals surface area (Å²) in [5.74, 6) is 5.78. The van der Waals surface area contributed by atoms with E-state index in [1.807, 2.05) is 0 Å². The van der Waals surface area contributed by atoms with Crippen molar-refractivity contribution < 1.29 is 14.4 Å². The van der Waals surface area contributed by atoms with Crippen LogP contribution in [0, 0.1) is 11.8 Å². The maximum atomic E-state index is 10.9. The van der Waals surface area contributed by atoms with Gasteiger partial charge in [-0.15, -0.1) is 0 Å². The molecule has 3 heteroatoms. The van der Waals surface area contributed by atoms with E-state index in [2.05, 4.69) is 18.4 Å². The van der Waals surface area contributed by atoms with Crippen molar-refractivity contribution in [2.75, 3.05) is 19.6 Å². The second-order valence-electron chi connectivity index (χ2n) is 4.69. The summed E-state index contributed by atoms with van der Waals surface area (Å²) in [6.45, 7) is 10.0. The highest BCUT2D eigenvalue weighted by molar-refractivity contribution is 5.67. The Morgan fingerprint density at radius 2 is 2.12 bits per heavy atom. The third-order valence-corrected chi connectivity index (χ3v) is 2.98. The van der Waals surface area contributed by atoms with E-state index in [0.717, 1.165) is 6.54 Å². The van der Waals surface area contributed by atoms with Gasteiger partial charge in [-0.2, -0.15) is 0 Å². The maximum absolute atomic E-state index is 10.9. The standard InChI is InChI=1S/C14H21NO2/c1-4-14(3,17-13(2)16)9-8-12-15-10-6-5-7-11-15/h4H,1,5-7,10-12H2,2-3H3/p+1/t14-/m0/s1. The van der Waals surface area contributed by atoms with Crippen LogP contribution >= 0.6 is 0 Å². The summed E-state index contributed by atoms with van der Waals surface area (Å²) in [4.78, 5) is 12.5. The minimum atomic E-state index is -0.846. The molecule has 0 radical (unpaired) electrons. The Balaban J connectivity index is 2.49. The van der Waals surface area contributed by atoms with Crippen LogP contribution in [0.25, 0.3) is 0 Å². The molecule has 94 valence electrons. The first-order chi connectivity index (χ1) is 8.06. The van der Waals surface area contributed by atoms with E-state index in [1.165, 1.54) is 44.2 Å². The molecule has 1 saturated heterocycles. The van der Waals surface area contributed by atoms with E-state index >= 15 is 0 Å². The Morgan fingerprint density at radius 3 is 2.65 bits per heavy atom. The number of hydrogen-bond donors (Lipinski definition) is 1. The Morgan fingerprint density at radius 1 is 1.47 bits per heavy atom. The molecule has 0 spiro atoms. The molecule has 1 rings (SSSR count). The van der Waals surface area contributed by atoms with Gasteiger partial charge >= 0.3 is 5.97 Å². The number of rotatable bonds is 3.